The van der Waals surface area contributed by atoms with Crippen LogP contribution in [0.4, 0.5) is 0 Å². The van der Waals surface area contributed by atoms with Gasteiger partial charge in [-0.05, 0) is 55.4 Å². The van der Waals surface area contributed by atoms with Crippen LogP contribution in [0.3, 0.4) is 0 Å². The molecule has 132 valence electrons. The standard InChI is InChI=1S/C22H25ClO2/c1-7-19(15(4)13-16-10-8-9-11-18(16)23)25-21(24)20-17(12-14(2)3)22(20,5)6/h1,8-13,17,19-20H,2-6H3. The Bertz CT molecular complexity index is 760. The third kappa shape index (κ3) is 4.35. The van der Waals surface area contributed by atoms with Crippen molar-refractivity contribution in [2.75, 3.05) is 0 Å². The third-order valence-electron chi connectivity index (χ3n) is 4.76. The van der Waals surface area contributed by atoms with Crippen LogP contribution >= 0.6 is 11.6 Å². The van der Waals surface area contributed by atoms with Crippen molar-refractivity contribution in [1.82, 2.24) is 0 Å². The highest BCUT2D eigenvalue weighted by molar-refractivity contribution is 6.32. The lowest BCUT2D eigenvalue weighted by molar-refractivity contribution is -0.147. The zero-order chi connectivity index (χ0) is 18.8. The molecule has 2 nitrogen and oxygen atoms in total. The number of carbonyl (C=O) groups excluding carboxylic acids is 1. The Morgan fingerprint density at radius 3 is 2.52 bits per heavy atom. The minimum Gasteiger partial charge on any atom is -0.444 e. The van der Waals surface area contributed by atoms with Crippen molar-refractivity contribution < 1.29 is 9.53 Å². The number of terminal acetylenes is 1. The van der Waals surface area contributed by atoms with Crippen molar-refractivity contribution in [3.8, 4) is 12.3 Å². The van der Waals surface area contributed by atoms with Crippen molar-refractivity contribution >= 4 is 23.6 Å². The number of hydrogen-bond donors (Lipinski definition) is 0. The van der Waals surface area contributed by atoms with E-state index < -0.39 is 6.10 Å². The molecule has 1 saturated carbocycles. The number of halogens is 1. The van der Waals surface area contributed by atoms with Crippen LogP contribution in [0.15, 0.2) is 41.5 Å². The van der Waals surface area contributed by atoms with E-state index in [-0.39, 0.29) is 23.2 Å². The van der Waals surface area contributed by atoms with Crippen molar-refractivity contribution in [3.05, 3.63) is 52.1 Å². The Balaban J connectivity index is 2.13. The highest BCUT2D eigenvalue weighted by Crippen LogP contribution is 2.60. The zero-order valence-corrected chi connectivity index (χ0v) is 16.2. The van der Waals surface area contributed by atoms with Gasteiger partial charge in [0.25, 0.3) is 0 Å². The fourth-order valence-electron chi connectivity index (χ4n) is 3.16. The molecule has 2 rings (SSSR count). The van der Waals surface area contributed by atoms with Crippen LogP contribution < -0.4 is 0 Å². The van der Waals surface area contributed by atoms with Gasteiger partial charge in [-0.1, -0.05) is 61.2 Å². The van der Waals surface area contributed by atoms with Crippen molar-refractivity contribution in [2.45, 2.75) is 40.7 Å². The first-order valence-electron chi connectivity index (χ1n) is 8.43. The van der Waals surface area contributed by atoms with Gasteiger partial charge in [-0.3, -0.25) is 4.79 Å². The van der Waals surface area contributed by atoms with Crippen LogP contribution in [-0.2, 0) is 9.53 Å². The Morgan fingerprint density at radius 2 is 1.96 bits per heavy atom. The molecule has 1 aliphatic rings. The fraction of sp³-hybridized carbons (Fsp3) is 0.409. The smallest absolute Gasteiger partial charge is 0.311 e. The number of carbonyl (C=O) groups is 1. The highest BCUT2D eigenvalue weighted by atomic mass is 35.5. The molecule has 0 bridgehead atoms. The predicted molar refractivity (Wildman–Crippen MR) is 104 cm³/mol. The van der Waals surface area contributed by atoms with Crippen LogP contribution in [0.1, 0.15) is 40.2 Å². The van der Waals surface area contributed by atoms with Gasteiger partial charge in [0.2, 0.25) is 0 Å². The van der Waals surface area contributed by atoms with Crippen LogP contribution in [0.2, 0.25) is 5.02 Å². The highest BCUT2D eigenvalue weighted by Gasteiger charge is 2.61. The number of benzene rings is 1. The second-order valence-corrected chi connectivity index (χ2v) is 7.87. The second-order valence-electron chi connectivity index (χ2n) is 7.46. The topological polar surface area (TPSA) is 26.3 Å². The quantitative estimate of drug-likeness (QED) is 0.394. The monoisotopic (exact) mass is 356 g/mol. The van der Waals surface area contributed by atoms with Crippen molar-refractivity contribution in [3.63, 3.8) is 0 Å². The molecule has 0 aliphatic heterocycles. The van der Waals surface area contributed by atoms with Gasteiger partial charge in [-0.2, -0.15) is 0 Å². The minimum atomic E-state index is -0.687. The number of hydrogen-bond acceptors (Lipinski definition) is 2. The lowest BCUT2D eigenvalue weighted by Crippen LogP contribution is -2.20. The van der Waals surface area contributed by atoms with Crippen LogP contribution in [0, 0.1) is 29.6 Å². The Kier molecular flexibility index (Phi) is 5.80. The van der Waals surface area contributed by atoms with Crippen LogP contribution in [0.25, 0.3) is 6.08 Å². The molecule has 3 unspecified atom stereocenters. The molecular formula is C22H25ClO2. The molecule has 25 heavy (non-hydrogen) atoms. The lowest BCUT2D eigenvalue weighted by atomic mass is 10.1. The first kappa shape index (κ1) is 19.3. The molecule has 0 amide bonds. The largest absolute Gasteiger partial charge is 0.444 e. The lowest BCUT2D eigenvalue weighted by Gasteiger charge is -2.14. The molecule has 3 heteroatoms. The molecule has 0 heterocycles. The van der Waals surface area contributed by atoms with Gasteiger partial charge in [-0.15, -0.1) is 6.42 Å². The molecule has 3 atom stereocenters. The van der Waals surface area contributed by atoms with Gasteiger partial charge in [0, 0.05) is 5.02 Å². The minimum absolute atomic E-state index is 0.0894. The summed E-state index contributed by atoms with van der Waals surface area (Å²) < 4.78 is 5.63. The maximum atomic E-state index is 12.6. The molecule has 1 aromatic rings. The van der Waals surface area contributed by atoms with E-state index in [0.29, 0.717) is 5.02 Å². The number of allylic oxidation sites excluding steroid dienone is 2. The van der Waals surface area contributed by atoms with Gasteiger partial charge >= 0.3 is 5.97 Å². The van der Waals surface area contributed by atoms with E-state index in [2.05, 4.69) is 25.8 Å². The van der Waals surface area contributed by atoms with Crippen LogP contribution in [0.5, 0.6) is 0 Å². The summed E-state index contributed by atoms with van der Waals surface area (Å²) >= 11 is 6.18. The third-order valence-corrected chi connectivity index (χ3v) is 5.11. The second kappa shape index (κ2) is 7.50. The van der Waals surface area contributed by atoms with Gasteiger partial charge < -0.3 is 4.74 Å². The number of rotatable bonds is 5. The molecule has 1 aliphatic carbocycles. The Labute approximate surface area is 155 Å². The first-order valence-corrected chi connectivity index (χ1v) is 8.80. The normalized spacial score (nSPS) is 22.5. The van der Waals surface area contributed by atoms with E-state index in [4.69, 9.17) is 22.8 Å². The predicted octanol–water partition coefficient (Wildman–Crippen LogP) is 5.53. The van der Waals surface area contributed by atoms with Gasteiger partial charge in [0.15, 0.2) is 6.10 Å². The summed E-state index contributed by atoms with van der Waals surface area (Å²) in [5.41, 5.74) is 2.75. The fourth-order valence-corrected chi connectivity index (χ4v) is 3.35. The molecule has 0 spiro atoms. The van der Waals surface area contributed by atoms with E-state index in [1.165, 1.54) is 5.57 Å². The van der Waals surface area contributed by atoms with Crippen molar-refractivity contribution in [1.29, 1.82) is 0 Å². The Morgan fingerprint density at radius 1 is 1.32 bits per heavy atom. The molecule has 0 aromatic heterocycles. The van der Waals surface area contributed by atoms with Gasteiger partial charge in [0.1, 0.15) is 0 Å². The zero-order valence-electron chi connectivity index (χ0n) is 15.5. The first-order chi connectivity index (χ1) is 11.7. The number of esters is 1. The van der Waals surface area contributed by atoms with E-state index in [1.54, 1.807) is 0 Å². The van der Waals surface area contributed by atoms with Gasteiger partial charge in [-0.25, -0.2) is 0 Å². The molecule has 0 N–H and O–H groups in total. The summed E-state index contributed by atoms with van der Waals surface area (Å²) in [7, 11) is 0. The molecular weight excluding hydrogens is 332 g/mol. The maximum Gasteiger partial charge on any atom is 0.311 e. The summed E-state index contributed by atoms with van der Waals surface area (Å²) in [6.45, 7) is 10.1. The average Bonchev–Trinajstić information content (AvgIpc) is 3.06. The summed E-state index contributed by atoms with van der Waals surface area (Å²) in [6.07, 6.45) is 8.93. The Hall–Kier alpha value is -1.98. The summed E-state index contributed by atoms with van der Waals surface area (Å²) in [4.78, 5) is 12.6. The molecule has 1 aromatic carbocycles. The van der Waals surface area contributed by atoms with E-state index in [9.17, 15) is 4.79 Å². The summed E-state index contributed by atoms with van der Waals surface area (Å²) in [6, 6.07) is 7.48. The SMILES string of the molecule is C#CC(OC(=O)C1C(C=C(C)C)C1(C)C)C(C)=Cc1ccccc1Cl. The van der Waals surface area contributed by atoms with Crippen molar-refractivity contribution in [2.24, 2.45) is 17.3 Å². The van der Waals surface area contributed by atoms with Gasteiger partial charge in [0.05, 0.1) is 5.92 Å². The number of ether oxygens (including phenoxy) is 1. The molecule has 0 saturated heterocycles. The summed E-state index contributed by atoms with van der Waals surface area (Å²) in [5, 5.41) is 0.635. The maximum absolute atomic E-state index is 12.6. The van der Waals surface area contributed by atoms with Crippen LogP contribution in [-0.4, -0.2) is 12.1 Å². The average molecular weight is 357 g/mol. The summed E-state index contributed by atoms with van der Waals surface area (Å²) in [5.74, 6) is 2.39. The van der Waals surface area contributed by atoms with E-state index >= 15 is 0 Å². The molecule has 0 radical (unpaired) electrons. The molecule has 1 fully saturated rings. The van der Waals surface area contributed by atoms with E-state index in [0.717, 1.165) is 11.1 Å². The van der Waals surface area contributed by atoms with E-state index in [1.807, 2.05) is 51.1 Å².